The van der Waals surface area contributed by atoms with Crippen molar-refractivity contribution in [3.8, 4) is 0 Å². The Kier molecular flexibility index (Phi) is 4.77. The van der Waals surface area contributed by atoms with E-state index in [-0.39, 0.29) is 5.56 Å². The number of benzene rings is 2. The maximum absolute atomic E-state index is 13.8. The summed E-state index contributed by atoms with van der Waals surface area (Å²) in [5.41, 5.74) is 11.7. The molecule has 22 heavy (non-hydrogen) atoms. The molecule has 5 nitrogen and oxygen atoms in total. The van der Waals surface area contributed by atoms with Crippen LogP contribution in [-0.2, 0) is 6.54 Å². The molecule has 0 aromatic heterocycles. The highest BCUT2D eigenvalue weighted by molar-refractivity contribution is 9.10. The Morgan fingerprint density at radius 3 is 2.27 bits per heavy atom. The molecule has 0 radical (unpaired) electrons. The van der Waals surface area contributed by atoms with Crippen molar-refractivity contribution in [1.29, 1.82) is 0 Å². The molecule has 0 fully saturated rings. The summed E-state index contributed by atoms with van der Waals surface area (Å²) in [6, 6.07) is 9.36. The van der Waals surface area contributed by atoms with Gasteiger partial charge in [0.15, 0.2) is 0 Å². The lowest BCUT2D eigenvalue weighted by molar-refractivity contribution is 0.0990. The Labute approximate surface area is 134 Å². The lowest BCUT2D eigenvalue weighted by atomic mass is 10.1. The third-order valence-electron chi connectivity index (χ3n) is 3.02. The molecule has 5 N–H and O–H groups in total. The number of rotatable bonds is 5. The molecule has 0 atom stereocenters. The van der Waals surface area contributed by atoms with Crippen molar-refractivity contribution in [3.63, 3.8) is 0 Å². The molecule has 7 heteroatoms. The van der Waals surface area contributed by atoms with Crippen molar-refractivity contribution >= 4 is 33.4 Å². The number of primary amides is 2. The van der Waals surface area contributed by atoms with Crippen molar-refractivity contribution in [3.05, 3.63) is 63.4 Å². The summed E-state index contributed by atoms with van der Waals surface area (Å²) in [5, 5.41) is 2.95. The van der Waals surface area contributed by atoms with Crippen LogP contribution < -0.4 is 16.8 Å². The van der Waals surface area contributed by atoms with Crippen LogP contribution in [0.4, 0.5) is 10.1 Å². The third-order valence-corrected chi connectivity index (χ3v) is 3.48. The van der Waals surface area contributed by atoms with Crippen LogP contribution in [0.15, 0.2) is 40.9 Å². The van der Waals surface area contributed by atoms with Gasteiger partial charge < -0.3 is 16.8 Å². The zero-order chi connectivity index (χ0) is 16.3. The summed E-state index contributed by atoms with van der Waals surface area (Å²) in [6.07, 6.45) is 0. The average Bonchev–Trinajstić information content (AvgIpc) is 2.44. The second-order valence-electron chi connectivity index (χ2n) is 4.59. The monoisotopic (exact) mass is 365 g/mol. The van der Waals surface area contributed by atoms with E-state index in [4.69, 9.17) is 11.5 Å². The summed E-state index contributed by atoms with van der Waals surface area (Å²) in [7, 11) is 0. The van der Waals surface area contributed by atoms with Crippen molar-refractivity contribution in [2.24, 2.45) is 11.5 Å². The molecule has 0 aliphatic heterocycles. The van der Waals surface area contributed by atoms with E-state index in [1.165, 1.54) is 6.07 Å². The highest BCUT2D eigenvalue weighted by Gasteiger charge is 2.15. The zero-order valence-electron chi connectivity index (χ0n) is 11.4. The van der Waals surface area contributed by atoms with Crippen molar-refractivity contribution in [2.45, 2.75) is 6.54 Å². The predicted octanol–water partition coefficient (Wildman–Crippen LogP) is 2.40. The van der Waals surface area contributed by atoms with Gasteiger partial charge >= 0.3 is 0 Å². The Morgan fingerprint density at radius 2 is 1.73 bits per heavy atom. The number of amides is 2. The van der Waals surface area contributed by atoms with Gasteiger partial charge in [-0.15, -0.1) is 0 Å². The van der Waals surface area contributed by atoms with E-state index in [1.807, 2.05) is 0 Å². The molecule has 0 unspecified atom stereocenters. The van der Waals surface area contributed by atoms with E-state index in [1.54, 1.807) is 30.3 Å². The predicted molar refractivity (Wildman–Crippen MR) is 84.9 cm³/mol. The van der Waals surface area contributed by atoms with Gasteiger partial charge in [-0.25, -0.2) is 4.39 Å². The molecule has 114 valence electrons. The lowest BCUT2D eigenvalue weighted by Gasteiger charge is -2.12. The number of nitrogens with two attached hydrogens (primary N) is 2. The van der Waals surface area contributed by atoms with Crippen LogP contribution in [0.5, 0.6) is 0 Å². The minimum atomic E-state index is -0.850. The fourth-order valence-electron chi connectivity index (χ4n) is 1.95. The molecular formula is C15H13BrFN3O2. The first-order chi connectivity index (χ1) is 10.4. The Balaban J connectivity index is 2.21. The molecule has 2 aromatic rings. The zero-order valence-corrected chi connectivity index (χ0v) is 13.0. The summed E-state index contributed by atoms with van der Waals surface area (Å²) >= 11 is 3.16. The Hall–Kier alpha value is -2.41. The second-order valence-corrected chi connectivity index (χ2v) is 5.50. The molecular weight excluding hydrogens is 353 g/mol. The average molecular weight is 366 g/mol. The quantitative estimate of drug-likeness (QED) is 0.758. The molecule has 0 saturated carbocycles. The summed E-state index contributed by atoms with van der Waals surface area (Å²) in [6.45, 7) is 0.329. The van der Waals surface area contributed by atoms with Gasteiger partial charge in [0.05, 0.1) is 11.3 Å². The first-order valence-electron chi connectivity index (χ1n) is 6.30. The van der Waals surface area contributed by atoms with Gasteiger partial charge in [0.2, 0.25) is 5.91 Å². The molecule has 0 saturated heterocycles. The minimum absolute atomic E-state index is 0.197. The molecule has 0 aliphatic carbocycles. The van der Waals surface area contributed by atoms with Gasteiger partial charge in [-0.3, -0.25) is 9.59 Å². The van der Waals surface area contributed by atoms with Gasteiger partial charge in [-0.05, 0) is 29.8 Å². The van der Waals surface area contributed by atoms with E-state index in [9.17, 15) is 14.0 Å². The van der Waals surface area contributed by atoms with Gasteiger partial charge in [-0.2, -0.15) is 0 Å². The van der Waals surface area contributed by atoms with Gasteiger partial charge in [0.25, 0.3) is 5.91 Å². The first-order valence-corrected chi connectivity index (χ1v) is 7.09. The van der Waals surface area contributed by atoms with Crippen molar-refractivity contribution < 1.29 is 14.0 Å². The largest absolute Gasteiger partial charge is 0.380 e. The van der Waals surface area contributed by atoms with Gasteiger partial charge in [0.1, 0.15) is 5.82 Å². The van der Waals surface area contributed by atoms with Crippen molar-refractivity contribution in [2.75, 3.05) is 5.32 Å². The van der Waals surface area contributed by atoms with Gasteiger partial charge in [0, 0.05) is 16.6 Å². The van der Waals surface area contributed by atoms with Crippen molar-refractivity contribution in [1.82, 2.24) is 0 Å². The highest BCUT2D eigenvalue weighted by atomic mass is 79.9. The molecule has 0 spiro atoms. The third kappa shape index (κ3) is 3.62. The molecule has 0 heterocycles. The fraction of sp³-hybridized carbons (Fsp3) is 0.0667. The van der Waals surface area contributed by atoms with Crippen LogP contribution in [0, 0.1) is 5.82 Å². The van der Waals surface area contributed by atoms with E-state index < -0.39 is 17.6 Å². The molecule has 2 rings (SSSR count). The van der Waals surface area contributed by atoms with Crippen LogP contribution in [0.1, 0.15) is 26.3 Å². The summed E-state index contributed by atoms with van der Waals surface area (Å²) in [4.78, 5) is 22.4. The number of nitrogens with one attached hydrogen (secondary N) is 1. The molecule has 0 bridgehead atoms. The normalized spacial score (nSPS) is 10.3. The van der Waals surface area contributed by atoms with Gasteiger partial charge in [-0.1, -0.05) is 28.1 Å². The minimum Gasteiger partial charge on any atom is -0.380 e. The molecule has 2 aromatic carbocycles. The second kappa shape index (κ2) is 6.57. The first kappa shape index (κ1) is 16.0. The highest BCUT2D eigenvalue weighted by Crippen LogP contribution is 2.25. The number of hydrogen-bond donors (Lipinski definition) is 3. The van der Waals surface area contributed by atoms with Crippen LogP contribution >= 0.6 is 15.9 Å². The maximum Gasteiger partial charge on any atom is 0.253 e. The Bertz CT molecular complexity index is 732. The van der Waals surface area contributed by atoms with Crippen LogP contribution in [-0.4, -0.2) is 11.8 Å². The summed E-state index contributed by atoms with van der Waals surface area (Å²) < 4.78 is 14.3. The molecule has 0 aliphatic rings. The number of hydrogen-bond acceptors (Lipinski definition) is 3. The SMILES string of the molecule is NC(=O)c1ccc(CNc2cc(Br)cc(F)c2C(N)=O)cc1. The Morgan fingerprint density at radius 1 is 1.09 bits per heavy atom. The van der Waals surface area contributed by atoms with E-state index >= 15 is 0 Å². The number of anilines is 1. The van der Waals surface area contributed by atoms with Crippen LogP contribution in [0.25, 0.3) is 0 Å². The fourth-order valence-corrected chi connectivity index (χ4v) is 2.38. The van der Waals surface area contributed by atoms with Crippen LogP contribution in [0.3, 0.4) is 0 Å². The van der Waals surface area contributed by atoms with E-state index in [0.717, 1.165) is 5.56 Å². The smallest absolute Gasteiger partial charge is 0.253 e. The molecule has 2 amide bonds. The number of carbonyl (C=O) groups is 2. The summed E-state index contributed by atoms with van der Waals surface area (Å²) in [5.74, 6) is -2.06. The van der Waals surface area contributed by atoms with E-state index in [0.29, 0.717) is 22.3 Å². The lowest BCUT2D eigenvalue weighted by Crippen LogP contribution is -2.16. The number of halogens is 2. The maximum atomic E-state index is 13.8. The number of carbonyl (C=O) groups excluding carboxylic acids is 2. The van der Waals surface area contributed by atoms with Crippen LogP contribution in [0.2, 0.25) is 0 Å². The standard InChI is InChI=1S/C15H13BrFN3O2/c16-10-5-11(17)13(15(19)22)12(6-10)20-7-8-1-3-9(4-2-8)14(18)21/h1-6,20H,7H2,(H2,18,21)(H2,19,22). The van der Waals surface area contributed by atoms with E-state index in [2.05, 4.69) is 21.2 Å². The topological polar surface area (TPSA) is 98.2 Å².